The number of hydrogen-bond donors (Lipinski definition) is 0. The van der Waals surface area contributed by atoms with Crippen LogP contribution >= 0.6 is 0 Å². The zero-order valence-corrected chi connectivity index (χ0v) is 10.4. The fraction of sp³-hybridized carbons (Fsp3) is 0.364. The van der Waals surface area contributed by atoms with E-state index in [1.807, 2.05) is 0 Å². The molecule has 0 bridgehead atoms. The van der Waals surface area contributed by atoms with Crippen LogP contribution in [-0.4, -0.2) is 30.9 Å². The van der Waals surface area contributed by atoms with Crippen LogP contribution in [0.25, 0.3) is 0 Å². The third-order valence-corrected chi connectivity index (χ3v) is 2.51. The number of rotatable bonds is 4. The van der Waals surface area contributed by atoms with E-state index in [4.69, 9.17) is 0 Å². The fourth-order valence-electron chi connectivity index (χ4n) is 1.35. The van der Waals surface area contributed by atoms with E-state index in [1.165, 1.54) is 0 Å². The van der Waals surface area contributed by atoms with Crippen molar-refractivity contribution in [2.24, 2.45) is 0 Å². The molecule has 0 aliphatic heterocycles. The minimum Gasteiger partial charge on any atom is -0.494 e. The Kier molecular flexibility index (Phi) is 4.41. The summed E-state index contributed by atoms with van der Waals surface area (Å²) in [6, 6.07) is -0.151. The molecule has 0 aromatic heterocycles. The van der Waals surface area contributed by atoms with Gasteiger partial charge >= 0.3 is 18.0 Å². The van der Waals surface area contributed by atoms with Crippen LogP contribution in [0, 0.1) is 11.6 Å². The molecule has 1 aromatic carbocycles. The molecule has 1 aromatic rings. The molecule has 0 saturated heterocycles. The SMILES string of the molecule is COc1cc(C(=O)C(F)(F)C(F)(F)C(F)(F)F)cc(F)c1F. The van der Waals surface area contributed by atoms with E-state index >= 15 is 0 Å². The maximum Gasteiger partial charge on any atom is 0.460 e. The molecule has 22 heavy (non-hydrogen) atoms. The van der Waals surface area contributed by atoms with Crippen molar-refractivity contribution >= 4 is 5.78 Å². The topological polar surface area (TPSA) is 26.3 Å². The fourth-order valence-corrected chi connectivity index (χ4v) is 1.35. The molecule has 0 atom stereocenters. The van der Waals surface area contributed by atoms with Crippen LogP contribution in [-0.2, 0) is 0 Å². The van der Waals surface area contributed by atoms with Gasteiger partial charge in [-0.3, -0.25) is 4.79 Å². The molecule has 0 aliphatic rings. The lowest BCUT2D eigenvalue weighted by atomic mass is 9.99. The molecule has 0 fully saturated rings. The minimum atomic E-state index is -6.73. The summed E-state index contributed by atoms with van der Waals surface area (Å²) < 4.78 is 118. The van der Waals surface area contributed by atoms with Crippen molar-refractivity contribution in [3.05, 3.63) is 29.3 Å². The molecule has 2 nitrogen and oxygen atoms in total. The highest BCUT2D eigenvalue weighted by atomic mass is 19.4. The summed E-state index contributed by atoms with van der Waals surface area (Å²) in [6.45, 7) is 0. The first kappa shape index (κ1) is 18.1. The van der Waals surface area contributed by atoms with Gasteiger partial charge in [-0.25, -0.2) is 4.39 Å². The first-order chi connectivity index (χ1) is 9.77. The van der Waals surface area contributed by atoms with E-state index in [2.05, 4.69) is 4.74 Å². The average molecular weight is 340 g/mol. The Labute approximate surface area is 116 Å². The van der Waals surface area contributed by atoms with Crippen molar-refractivity contribution < 1.29 is 49.0 Å². The summed E-state index contributed by atoms with van der Waals surface area (Å²) >= 11 is 0. The van der Waals surface area contributed by atoms with Gasteiger partial charge < -0.3 is 4.74 Å². The highest BCUT2D eigenvalue weighted by Crippen LogP contribution is 2.48. The lowest BCUT2D eigenvalue weighted by Crippen LogP contribution is -2.56. The first-order valence-electron chi connectivity index (χ1n) is 5.17. The Morgan fingerprint density at radius 3 is 1.91 bits per heavy atom. The van der Waals surface area contributed by atoms with Crippen molar-refractivity contribution in [1.29, 1.82) is 0 Å². The lowest BCUT2D eigenvalue weighted by molar-refractivity contribution is -0.339. The maximum absolute atomic E-state index is 13.2. The highest BCUT2D eigenvalue weighted by Gasteiger charge is 2.76. The smallest absolute Gasteiger partial charge is 0.460 e. The van der Waals surface area contributed by atoms with Crippen LogP contribution in [0.4, 0.5) is 39.5 Å². The molecule has 0 amide bonds. The van der Waals surface area contributed by atoms with Crippen molar-refractivity contribution in [2.75, 3.05) is 7.11 Å². The molecule has 0 unspecified atom stereocenters. The number of ketones is 1. The Morgan fingerprint density at radius 1 is 1.00 bits per heavy atom. The van der Waals surface area contributed by atoms with Crippen LogP contribution in [0.2, 0.25) is 0 Å². The molecule has 124 valence electrons. The van der Waals surface area contributed by atoms with Gasteiger partial charge in [-0.2, -0.15) is 35.1 Å². The Bertz CT molecular complexity index is 592. The number of halogens is 9. The number of alkyl halides is 7. The van der Waals surface area contributed by atoms with Gasteiger partial charge in [-0.15, -0.1) is 0 Å². The van der Waals surface area contributed by atoms with Crippen LogP contribution in [0.3, 0.4) is 0 Å². The number of benzene rings is 1. The molecule has 0 aliphatic carbocycles. The number of carbonyl (C=O) groups is 1. The van der Waals surface area contributed by atoms with E-state index in [-0.39, 0.29) is 12.1 Å². The molecular weight excluding hydrogens is 335 g/mol. The summed E-state index contributed by atoms with van der Waals surface area (Å²) in [4.78, 5) is 11.2. The number of ether oxygens (including phenoxy) is 1. The minimum absolute atomic E-state index is 0.0844. The second-order valence-corrected chi connectivity index (χ2v) is 3.95. The summed E-state index contributed by atoms with van der Waals surface area (Å²) in [5, 5.41) is 0. The predicted molar refractivity (Wildman–Crippen MR) is 53.2 cm³/mol. The monoisotopic (exact) mass is 340 g/mol. The molecule has 0 radical (unpaired) electrons. The third kappa shape index (κ3) is 2.71. The van der Waals surface area contributed by atoms with Crippen LogP contribution in [0.15, 0.2) is 12.1 Å². The van der Waals surface area contributed by atoms with Gasteiger partial charge in [0.15, 0.2) is 11.6 Å². The van der Waals surface area contributed by atoms with E-state index in [0.29, 0.717) is 0 Å². The number of hydrogen-bond acceptors (Lipinski definition) is 2. The van der Waals surface area contributed by atoms with Crippen LogP contribution < -0.4 is 4.74 Å². The normalized spacial score (nSPS) is 13.2. The Morgan fingerprint density at radius 2 is 1.50 bits per heavy atom. The van der Waals surface area contributed by atoms with Gasteiger partial charge in [0.1, 0.15) is 0 Å². The zero-order chi connectivity index (χ0) is 17.5. The molecule has 0 spiro atoms. The highest BCUT2D eigenvalue weighted by molar-refractivity contribution is 6.02. The summed E-state index contributed by atoms with van der Waals surface area (Å²) in [6.07, 6.45) is -6.73. The van der Waals surface area contributed by atoms with Crippen molar-refractivity contribution in [3.8, 4) is 5.75 Å². The van der Waals surface area contributed by atoms with Gasteiger partial charge in [0.2, 0.25) is 11.6 Å². The molecule has 0 saturated carbocycles. The molecule has 1 rings (SSSR count). The van der Waals surface area contributed by atoms with Gasteiger partial charge in [0.25, 0.3) is 0 Å². The number of Topliss-reactive ketones (excluding diaryl/α,β-unsaturated/α-hetero) is 1. The molecule has 11 heteroatoms. The first-order valence-corrected chi connectivity index (χ1v) is 5.17. The molecule has 0 heterocycles. The van der Waals surface area contributed by atoms with Crippen molar-refractivity contribution in [3.63, 3.8) is 0 Å². The summed E-state index contributed by atoms with van der Waals surface area (Å²) in [7, 11) is 0.731. The van der Waals surface area contributed by atoms with E-state index in [9.17, 15) is 44.3 Å². The zero-order valence-electron chi connectivity index (χ0n) is 10.4. The second kappa shape index (κ2) is 5.36. The van der Waals surface area contributed by atoms with E-state index in [1.54, 1.807) is 0 Å². The Balaban J connectivity index is 3.40. The molecular formula is C11H5F9O2. The molecule has 0 N–H and O–H groups in total. The average Bonchev–Trinajstić information content (AvgIpc) is 2.39. The third-order valence-electron chi connectivity index (χ3n) is 2.51. The predicted octanol–water partition coefficient (Wildman–Crippen LogP) is 3.99. The standard InChI is InChI=1S/C11H5F9O2/c1-22-6-3-4(2-5(12)7(6)13)8(21)9(14,15)10(16,17)11(18,19)20/h2-3H,1H3. The number of carbonyl (C=O) groups excluding carboxylic acids is 1. The maximum atomic E-state index is 13.2. The van der Waals surface area contributed by atoms with E-state index in [0.717, 1.165) is 7.11 Å². The lowest BCUT2D eigenvalue weighted by Gasteiger charge is -2.27. The van der Waals surface area contributed by atoms with Crippen LogP contribution in [0.5, 0.6) is 5.75 Å². The van der Waals surface area contributed by atoms with E-state index < -0.39 is 46.8 Å². The van der Waals surface area contributed by atoms with Gasteiger partial charge in [-0.05, 0) is 12.1 Å². The number of methoxy groups -OCH3 is 1. The van der Waals surface area contributed by atoms with Gasteiger partial charge in [0, 0.05) is 5.56 Å². The summed E-state index contributed by atoms with van der Waals surface area (Å²) in [5.41, 5.74) is -1.61. The van der Waals surface area contributed by atoms with Gasteiger partial charge in [-0.1, -0.05) is 0 Å². The van der Waals surface area contributed by atoms with Crippen molar-refractivity contribution in [1.82, 2.24) is 0 Å². The Hall–Kier alpha value is -1.94. The van der Waals surface area contributed by atoms with Crippen molar-refractivity contribution in [2.45, 2.75) is 18.0 Å². The second-order valence-electron chi connectivity index (χ2n) is 3.95. The quantitative estimate of drug-likeness (QED) is 0.612. The summed E-state index contributed by atoms with van der Waals surface area (Å²) in [5.74, 6) is -20.7. The van der Waals surface area contributed by atoms with Crippen LogP contribution in [0.1, 0.15) is 10.4 Å². The largest absolute Gasteiger partial charge is 0.494 e. The van der Waals surface area contributed by atoms with Gasteiger partial charge in [0.05, 0.1) is 7.11 Å².